The first kappa shape index (κ1) is 42.4. The molecule has 2 aliphatic rings. The van der Waals surface area contributed by atoms with E-state index in [0.29, 0.717) is 18.7 Å². The SMILES string of the molecule is CC[C@H]1OC(=O)[C@H](C)C(=O)[C@H](C)[C@@H](O[C@@H]2O[C@H](C)C[C@H](N(C)C)[C@H]2O)[C@@](C)(OC)C[C@@H](C)/C(=N\OCOCCOC)[C@H](C)[C@@H](O)[C@]1(C)O. The lowest BCUT2D eigenvalue weighted by molar-refractivity contribution is -0.295. The summed E-state index contributed by atoms with van der Waals surface area (Å²) >= 11 is 0. The Morgan fingerprint density at radius 2 is 1.67 bits per heavy atom. The number of oxime groups is 1. The number of ketones is 1. The zero-order valence-electron chi connectivity index (χ0n) is 31.0. The van der Waals surface area contributed by atoms with E-state index in [9.17, 15) is 24.9 Å². The van der Waals surface area contributed by atoms with Crippen LogP contribution in [0.4, 0.5) is 0 Å². The van der Waals surface area contributed by atoms with Gasteiger partial charge in [-0.2, -0.15) is 0 Å². The maximum atomic E-state index is 14.0. The molecule has 0 unspecified atom stereocenters. The van der Waals surface area contributed by atoms with Gasteiger partial charge in [-0.3, -0.25) is 9.59 Å². The van der Waals surface area contributed by atoms with Crippen molar-refractivity contribution < 1.29 is 58.2 Å². The number of hydrogen-bond donors (Lipinski definition) is 3. The molecule has 14 nitrogen and oxygen atoms in total. The number of Topliss-reactive ketones (excluding diaryl/α,β-unsaturated/α-hetero) is 1. The van der Waals surface area contributed by atoms with Crippen molar-refractivity contribution in [3.63, 3.8) is 0 Å². The monoisotopic (exact) mass is 690 g/mol. The average molecular weight is 691 g/mol. The third-order valence-electron chi connectivity index (χ3n) is 10.1. The fourth-order valence-corrected chi connectivity index (χ4v) is 6.96. The van der Waals surface area contributed by atoms with E-state index >= 15 is 0 Å². The molecule has 2 rings (SSSR count). The summed E-state index contributed by atoms with van der Waals surface area (Å²) < 4.78 is 35.0. The van der Waals surface area contributed by atoms with Crippen molar-refractivity contribution in [3.05, 3.63) is 0 Å². The van der Waals surface area contributed by atoms with Gasteiger partial charge in [-0.05, 0) is 61.1 Å². The van der Waals surface area contributed by atoms with Gasteiger partial charge in [-0.25, -0.2) is 0 Å². The zero-order chi connectivity index (χ0) is 36.6. The van der Waals surface area contributed by atoms with E-state index in [4.69, 9.17) is 33.3 Å². The van der Waals surface area contributed by atoms with Crippen LogP contribution in [0.2, 0.25) is 0 Å². The highest BCUT2D eigenvalue weighted by Crippen LogP contribution is 2.38. The molecule has 2 heterocycles. The summed E-state index contributed by atoms with van der Waals surface area (Å²) in [6.07, 6.45) is -5.08. The number of nitrogens with zero attached hydrogens (tertiary/aromatic N) is 2. The summed E-state index contributed by atoms with van der Waals surface area (Å²) in [5.41, 5.74) is -2.77. The summed E-state index contributed by atoms with van der Waals surface area (Å²) in [6, 6.07) is -0.270. The van der Waals surface area contributed by atoms with Crippen LogP contribution < -0.4 is 0 Å². The normalized spacial score (nSPS) is 41.7. The van der Waals surface area contributed by atoms with Crippen molar-refractivity contribution in [1.29, 1.82) is 0 Å². The molecule has 0 aromatic heterocycles. The maximum absolute atomic E-state index is 14.0. The predicted octanol–water partition coefficient (Wildman–Crippen LogP) is 2.15. The summed E-state index contributed by atoms with van der Waals surface area (Å²) in [4.78, 5) is 34.9. The van der Waals surface area contributed by atoms with E-state index in [-0.39, 0.29) is 38.4 Å². The predicted molar refractivity (Wildman–Crippen MR) is 177 cm³/mol. The second kappa shape index (κ2) is 18.5. The van der Waals surface area contributed by atoms with Crippen LogP contribution >= 0.6 is 0 Å². The molecule has 2 saturated heterocycles. The van der Waals surface area contributed by atoms with Crippen LogP contribution in [-0.2, 0) is 42.8 Å². The molecular weight excluding hydrogens is 628 g/mol. The first-order chi connectivity index (χ1) is 22.4. The largest absolute Gasteiger partial charge is 0.459 e. The highest BCUT2D eigenvalue weighted by atomic mass is 16.7. The lowest BCUT2D eigenvalue weighted by atomic mass is 9.74. The Kier molecular flexibility index (Phi) is 16.3. The molecule has 0 saturated carbocycles. The molecule has 2 aliphatic heterocycles. The quantitative estimate of drug-likeness (QED) is 0.0947. The first-order valence-corrected chi connectivity index (χ1v) is 17.0. The molecule has 0 aliphatic carbocycles. The number of hydrogen-bond acceptors (Lipinski definition) is 14. The molecule has 0 radical (unpaired) electrons. The minimum Gasteiger partial charge on any atom is -0.459 e. The van der Waals surface area contributed by atoms with Gasteiger partial charge >= 0.3 is 5.97 Å². The van der Waals surface area contributed by atoms with Crippen molar-refractivity contribution in [1.82, 2.24) is 4.90 Å². The first-order valence-electron chi connectivity index (χ1n) is 17.0. The van der Waals surface area contributed by atoms with Gasteiger partial charge in [0.2, 0.25) is 6.79 Å². The number of carbonyl (C=O) groups excluding carboxylic acids is 2. The van der Waals surface area contributed by atoms with Crippen molar-refractivity contribution in [2.24, 2.45) is 28.8 Å². The third kappa shape index (κ3) is 10.2. The van der Waals surface area contributed by atoms with E-state index < -0.39 is 77.3 Å². The van der Waals surface area contributed by atoms with Crippen LogP contribution in [0.3, 0.4) is 0 Å². The minimum absolute atomic E-state index is 0.167. The summed E-state index contributed by atoms with van der Waals surface area (Å²) in [5.74, 6) is -4.77. The van der Waals surface area contributed by atoms with Crippen LogP contribution in [-0.4, -0.2) is 140 Å². The van der Waals surface area contributed by atoms with Crippen LogP contribution in [0, 0.1) is 23.7 Å². The molecule has 13 atom stereocenters. The van der Waals surface area contributed by atoms with Crippen molar-refractivity contribution in [3.8, 4) is 0 Å². The molecule has 280 valence electrons. The van der Waals surface area contributed by atoms with E-state index in [1.165, 1.54) is 21.0 Å². The summed E-state index contributed by atoms with van der Waals surface area (Å²) in [5, 5.41) is 39.0. The summed E-state index contributed by atoms with van der Waals surface area (Å²) in [7, 11) is 6.79. The Morgan fingerprint density at radius 1 is 1.02 bits per heavy atom. The number of esters is 1. The Bertz CT molecular complexity index is 1060. The van der Waals surface area contributed by atoms with Crippen LogP contribution in [0.5, 0.6) is 0 Å². The minimum atomic E-state index is -1.91. The Hall–Kier alpha value is -1.75. The second-order valence-corrected chi connectivity index (χ2v) is 14.1. The number of aliphatic hydroxyl groups is 3. The topological polar surface area (TPSA) is 175 Å². The number of likely N-dealkylation sites (N-methyl/N-ethyl adjacent to an activating group) is 1. The Balaban J connectivity index is 2.68. The molecule has 2 fully saturated rings. The highest BCUT2D eigenvalue weighted by molar-refractivity contribution is 6.00. The third-order valence-corrected chi connectivity index (χ3v) is 10.1. The molecule has 14 heteroatoms. The van der Waals surface area contributed by atoms with Gasteiger partial charge in [0.15, 0.2) is 12.1 Å². The van der Waals surface area contributed by atoms with Crippen molar-refractivity contribution in [2.75, 3.05) is 48.3 Å². The molecule has 0 bridgehead atoms. The molecule has 0 aromatic carbocycles. The summed E-state index contributed by atoms with van der Waals surface area (Å²) in [6.45, 7) is 13.9. The average Bonchev–Trinajstić information content (AvgIpc) is 3.04. The molecule has 0 aromatic rings. The molecule has 48 heavy (non-hydrogen) atoms. The number of methoxy groups -OCH3 is 2. The number of carbonyl (C=O) groups is 2. The van der Waals surface area contributed by atoms with Crippen molar-refractivity contribution in [2.45, 2.75) is 129 Å². The van der Waals surface area contributed by atoms with Gasteiger partial charge < -0.3 is 53.5 Å². The standard InChI is InChI=1S/C34H62N2O12/c1-13-25-34(8,41)29(39)21(4)26(35-45-18-44-15-14-42-11)19(2)17-33(7,43-12)30(22(5)27(37)23(6)31(40)47-25)48-32-28(38)24(36(9)10)16-20(3)46-32/h19-25,28-30,32,38-39,41H,13-18H2,1-12H3/b35-26+/t19-,20-,21+,22+,23-,24+,25-,28-,29-,30-,32+,33+,34-/m1/s1. The fourth-order valence-electron chi connectivity index (χ4n) is 6.96. The number of aliphatic hydroxyl groups excluding tert-OH is 2. The second-order valence-electron chi connectivity index (χ2n) is 14.1. The van der Waals surface area contributed by atoms with Crippen molar-refractivity contribution >= 4 is 17.5 Å². The van der Waals surface area contributed by atoms with Gasteiger partial charge in [-0.15, -0.1) is 0 Å². The lowest BCUT2D eigenvalue weighted by Crippen LogP contribution is -2.60. The number of ether oxygens (including phenoxy) is 6. The zero-order valence-corrected chi connectivity index (χ0v) is 31.0. The maximum Gasteiger partial charge on any atom is 0.316 e. The highest BCUT2D eigenvalue weighted by Gasteiger charge is 2.51. The lowest BCUT2D eigenvalue weighted by Gasteiger charge is -2.47. The fraction of sp³-hybridized carbons (Fsp3) is 0.912. The van der Waals surface area contributed by atoms with E-state index in [0.717, 1.165) is 0 Å². The molecule has 3 N–H and O–H groups in total. The van der Waals surface area contributed by atoms with Gasteiger partial charge in [0.25, 0.3) is 0 Å². The van der Waals surface area contributed by atoms with Gasteiger partial charge in [-0.1, -0.05) is 32.9 Å². The van der Waals surface area contributed by atoms with Gasteiger partial charge in [0.1, 0.15) is 23.7 Å². The van der Waals surface area contributed by atoms with Gasteiger partial charge in [0, 0.05) is 38.0 Å². The van der Waals surface area contributed by atoms with Crippen LogP contribution in [0.25, 0.3) is 0 Å². The van der Waals surface area contributed by atoms with E-state index in [2.05, 4.69) is 5.16 Å². The van der Waals surface area contributed by atoms with Crippen LogP contribution in [0.1, 0.15) is 74.7 Å². The van der Waals surface area contributed by atoms with Crippen LogP contribution in [0.15, 0.2) is 5.16 Å². The smallest absolute Gasteiger partial charge is 0.316 e. The number of rotatable bonds is 11. The molecular formula is C34H62N2O12. The Morgan fingerprint density at radius 3 is 2.23 bits per heavy atom. The molecule has 0 amide bonds. The Labute approximate surface area is 286 Å². The van der Waals surface area contributed by atoms with E-state index in [1.807, 2.05) is 32.8 Å². The number of cyclic esters (lactones) is 1. The van der Waals surface area contributed by atoms with Gasteiger partial charge in [0.05, 0.1) is 42.8 Å². The van der Waals surface area contributed by atoms with E-state index in [1.54, 1.807) is 34.8 Å². The molecule has 0 spiro atoms.